The molecule has 29 heavy (non-hydrogen) atoms. The summed E-state index contributed by atoms with van der Waals surface area (Å²) in [6.07, 6.45) is 3.60. The third-order valence-electron chi connectivity index (χ3n) is 4.61. The zero-order chi connectivity index (χ0) is 21.4. The molecule has 0 fully saturated rings. The lowest BCUT2D eigenvalue weighted by Gasteiger charge is -2.28. The molecule has 3 amide bonds. The van der Waals surface area contributed by atoms with E-state index in [1.165, 1.54) is 4.90 Å². The summed E-state index contributed by atoms with van der Waals surface area (Å²) in [6.45, 7) is 11.3. The first-order valence-electron chi connectivity index (χ1n) is 9.91. The number of aryl methyl sites for hydroxylation is 2. The molecule has 1 aromatic carbocycles. The first-order valence-corrected chi connectivity index (χ1v) is 9.91. The first kappa shape index (κ1) is 22.3. The molecule has 156 valence electrons. The van der Waals surface area contributed by atoms with Gasteiger partial charge in [0, 0.05) is 37.7 Å². The topological polar surface area (TPSA) is 57.6 Å². The summed E-state index contributed by atoms with van der Waals surface area (Å²) in [4.78, 5) is 29.1. The number of benzene rings is 1. The van der Waals surface area contributed by atoms with Gasteiger partial charge in [-0.15, -0.1) is 6.58 Å². The van der Waals surface area contributed by atoms with Gasteiger partial charge in [-0.1, -0.05) is 37.6 Å². The van der Waals surface area contributed by atoms with E-state index in [0.717, 1.165) is 11.3 Å². The molecule has 1 N–H and O–H groups in total. The Bertz CT molecular complexity index is 824. The maximum absolute atomic E-state index is 13.1. The monoisotopic (exact) mass is 396 g/mol. The van der Waals surface area contributed by atoms with Crippen molar-refractivity contribution in [2.45, 2.75) is 27.3 Å². The van der Waals surface area contributed by atoms with Crippen molar-refractivity contribution in [2.75, 3.05) is 25.0 Å². The van der Waals surface area contributed by atoms with Crippen LogP contribution in [0.5, 0.6) is 0 Å². The zero-order valence-corrected chi connectivity index (χ0v) is 17.9. The molecule has 1 heterocycles. The van der Waals surface area contributed by atoms with E-state index in [9.17, 15) is 9.59 Å². The van der Waals surface area contributed by atoms with Crippen molar-refractivity contribution < 1.29 is 9.59 Å². The minimum Gasteiger partial charge on any atom is -0.353 e. The average Bonchev–Trinajstić information content (AvgIpc) is 3.07. The molecule has 6 heteroatoms. The molecule has 0 aliphatic rings. The Labute approximate surface area is 173 Å². The van der Waals surface area contributed by atoms with Gasteiger partial charge in [0.15, 0.2) is 0 Å². The Kier molecular flexibility index (Phi) is 8.07. The van der Waals surface area contributed by atoms with E-state index in [2.05, 4.69) is 25.7 Å². The lowest BCUT2D eigenvalue weighted by atomic mass is 10.2. The fourth-order valence-corrected chi connectivity index (χ4v) is 3.03. The maximum Gasteiger partial charge on any atom is 0.322 e. The Hall–Kier alpha value is -3.02. The van der Waals surface area contributed by atoms with Crippen LogP contribution in [-0.2, 0) is 18.4 Å². The van der Waals surface area contributed by atoms with E-state index < -0.39 is 0 Å². The van der Waals surface area contributed by atoms with Crippen LogP contribution in [0.15, 0.2) is 55.3 Å². The van der Waals surface area contributed by atoms with Crippen molar-refractivity contribution in [1.82, 2.24) is 14.4 Å². The number of nitrogens with one attached hydrogen (secondary N) is 1. The lowest BCUT2D eigenvalue weighted by Crippen LogP contribution is -2.45. The number of carbonyl (C=O) groups is 2. The number of anilines is 1. The number of amides is 3. The minimum atomic E-state index is -0.314. The van der Waals surface area contributed by atoms with Crippen molar-refractivity contribution in [2.24, 2.45) is 13.0 Å². The minimum absolute atomic E-state index is 0.000851. The molecule has 0 saturated heterocycles. The number of rotatable bonds is 9. The molecular formula is C23H32N4O2. The Morgan fingerprint density at radius 3 is 2.41 bits per heavy atom. The third-order valence-corrected chi connectivity index (χ3v) is 4.61. The molecule has 0 saturated carbocycles. The molecule has 6 nitrogen and oxygen atoms in total. The van der Waals surface area contributed by atoms with E-state index in [4.69, 9.17) is 0 Å². The Morgan fingerprint density at radius 1 is 1.17 bits per heavy atom. The van der Waals surface area contributed by atoms with Crippen LogP contribution in [0.3, 0.4) is 0 Å². The van der Waals surface area contributed by atoms with Crippen molar-refractivity contribution >= 4 is 17.6 Å². The largest absolute Gasteiger partial charge is 0.353 e. The second kappa shape index (κ2) is 10.5. The van der Waals surface area contributed by atoms with Gasteiger partial charge in [-0.3, -0.25) is 4.79 Å². The molecule has 2 aromatic rings. The number of urea groups is 1. The van der Waals surface area contributed by atoms with Crippen molar-refractivity contribution in [3.63, 3.8) is 0 Å². The van der Waals surface area contributed by atoms with Crippen LogP contribution in [0.2, 0.25) is 0 Å². The van der Waals surface area contributed by atoms with Gasteiger partial charge in [0.2, 0.25) is 5.91 Å². The summed E-state index contributed by atoms with van der Waals surface area (Å²) < 4.78 is 2.01. The molecule has 1 aromatic heterocycles. The third kappa shape index (κ3) is 6.82. The van der Waals surface area contributed by atoms with E-state index in [0.29, 0.717) is 31.2 Å². The number of nitrogens with zero attached hydrogens (tertiary/aromatic N) is 3. The number of carbonyl (C=O) groups excluding carboxylic acids is 2. The quantitative estimate of drug-likeness (QED) is 0.651. The van der Waals surface area contributed by atoms with E-state index in [1.807, 2.05) is 66.0 Å². The van der Waals surface area contributed by atoms with Gasteiger partial charge in [-0.25, -0.2) is 4.79 Å². The van der Waals surface area contributed by atoms with Gasteiger partial charge in [0.1, 0.15) is 6.54 Å². The lowest BCUT2D eigenvalue weighted by molar-refractivity contribution is -0.132. The molecule has 0 aliphatic carbocycles. The highest BCUT2D eigenvalue weighted by atomic mass is 16.2. The highest BCUT2D eigenvalue weighted by Gasteiger charge is 2.22. The van der Waals surface area contributed by atoms with Crippen LogP contribution in [0.4, 0.5) is 10.5 Å². The predicted molar refractivity (Wildman–Crippen MR) is 118 cm³/mol. The normalized spacial score (nSPS) is 10.7. The van der Waals surface area contributed by atoms with Crippen LogP contribution in [0.1, 0.15) is 25.1 Å². The van der Waals surface area contributed by atoms with Crippen LogP contribution in [0, 0.1) is 12.8 Å². The molecule has 2 rings (SSSR count). The Morgan fingerprint density at radius 2 is 1.86 bits per heavy atom. The van der Waals surface area contributed by atoms with Gasteiger partial charge >= 0.3 is 6.03 Å². The van der Waals surface area contributed by atoms with Gasteiger partial charge in [-0.05, 0) is 37.1 Å². The molecule has 0 aliphatic heterocycles. The molecule has 0 unspecified atom stereocenters. The Balaban J connectivity index is 2.09. The van der Waals surface area contributed by atoms with Crippen molar-refractivity contribution in [3.8, 4) is 0 Å². The summed E-state index contributed by atoms with van der Waals surface area (Å²) in [5.74, 6) is 0.245. The van der Waals surface area contributed by atoms with Crippen molar-refractivity contribution in [3.05, 3.63) is 66.5 Å². The molecular weight excluding hydrogens is 364 g/mol. The average molecular weight is 397 g/mol. The van der Waals surface area contributed by atoms with E-state index in [1.54, 1.807) is 6.08 Å². The van der Waals surface area contributed by atoms with E-state index in [-0.39, 0.29) is 18.5 Å². The molecule has 0 atom stereocenters. The number of hydrogen-bond donors (Lipinski definition) is 1. The summed E-state index contributed by atoms with van der Waals surface area (Å²) in [7, 11) is 1.96. The maximum atomic E-state index is 13.1. The van der Waals surface area contributed by atoms with Crippen LogP contribution >= 0.6 is 0 Å². The standard InChI is InChI=1S/C23H32N4O2/c1-6-13-26(23(29)24-20-11-9-19(4)10-12-20)17-22(28)27(15-18(2)3)16-21-8-7-14-25(21)5/h6-12,14,18H,1,13,15-17H2,2-5H3,(H,24,29). The second-order valence-corrected chi connectivity index (χ2v) is 7.74. The summed E-state index contributed by atoms with van der Waals surface area (Å²) >= 11 is 0. The fraction of sp³-hybridized carbons (Fsp3) is 0.391. The first-order chi connectivity index (χ1) is 13.8. The highest BCUT2D eigenvalue weighted by molar-refractivity contribution is 5.92. The second-order valence-electron chi connectivity index (χ2n) is 7.74. The summed E-state index contributed by atoms with van der Waals surface area (Å²) in [6, 6.07) is 11.2. The van der Waals surface area contributed by atoms with Crippen LogP contribution in [0.25, 0.3) is 0 Å². The fourth-order valence-electron chi connectivity index (χ4n) is 3.03. The van der Waals surface area contributed by atoms with Gasteiger partial charge in [0.25, 0.3) is 0 Å². The van der Waals surface area contributed by atoms with Gasteiger partial charge < -0.3 is 19.7 Å². The van der Waals surface area contributed by atoms with Crippen LogP contribution < -0.4 is 5.32 Å². The molecule has 0 bridgehead atoms. The molecule has 0 spiro atoms. The van der Waals surface area contributed by atoms with Gasteiger partial charge in [0.05, 0.1) is 6.54 Å². The van der Waals surface area contributed by atoms with Crippen molar-refractivity contribution in [1.29, 1.82) is 0 Å². The summed E-state index contributed by atoms with van der Waals surface area (Å²) in [5, 5.41) is 2.86. The smallest absolute Gasteiger partial charge is 0.322 e. The highest BCUT2D eigenvalue weighted by Crippen LogP contribution is 2.12. The number of aromatic nitrogens is 1. The predicted octanol–water partition coefficient (Wildman–Crippen LogP) is 4.04. The van der Waals surface area contributed by atoms with Gasteiger partial charge in [-0.2, -0.15) is 0 Å². The number of hydrogen-bond acceptors (Lipinski definition) is 2. The van der Waals surface area contributed by atoms with E-state index >= 15 is 0 Å². The SMILES string of the molecule is C=CCN(CC(=O)N(Cc1cccn1C)CC(C)C)C(=O)Nc1ccc(C)cc1. The summed E-state index contributed by atoms with van der Waals surface area (Å²) in [5.41, 5.74) is 2.87. The van der Waals surface area contributed by atoms with Crippen LogP contribution in [-0.4, -0.2) is 45.9 Å². The zero-order valence-electron chi connectivity index (χ0n) is 17.9. The molecule has 0 radical (unpaired) electrons.